The number of aromatic nitrogens is 2. The van der Waals surface area contributed by atoms with Crippen molar-refractivity contribution in [3.05, 3.63) is 41.9 Å². The number of ether oxygens (including phenoxy) is 2. The Morgan fingerprint density at radius 1 is 1.08 bits per heavy atom. The van der Waals surface area contributed by atoms with E-state index in [0.717, 1.165) is 17.1 Å². The SMILES string of the molecule is O=C(NCc1ccc2c(c1)OCO2)c1cnc(NC2CCCCC2)cn1. The molecule has 4 rings (SSSR count). The molecule has 1 saturated carbocycles. The van der Waals surface area contributed by atoms with E-state index in [1.807, 2.05) is 18.2 Å². The van der Waals surface area contributed by atoms with E-state index in [-0.39, 0.29) is 12.7 Å². The fraction of sp³-hybridized carbons (Fsp3) is 0.421. The van der Waals surface area contributed by atoms with Crippen molar-refractivity contribution >= 4 is 11.7 Å². The monoisotopic (exact) mass is 354 g/mol. The Morgan fingerprint density at radius 2 is 1.92 bits per heavy atom. The summed E-state index contributed by atoms with van der Waals surface area (Å²) >= 11 is 0. The second-order valence-corrected chi connectivity index (χ2v) is 6.64. The highest BCUT2D eigenvalue weighted by Gasteiger charge is 2.15. The number of hydrogen-bond acceptors (Lipinski definition) is 6. The molecule has 1 aliphatic heterocycles. The molecule has 26 heavy (non-hydrogen) atoms. The van der Waals surface area contributed by atoms with Crippen LogP contribution in [0.4, 0.5) is 5.82 Å². The van der Waals surface area contributed by atoms with Gasteiger partial charge in [0.15, 0.2) is 11.5 Å². The molecule has 2 aliphatic rings. The van der Waals surface area contributed by atoms with Gasteiger partial charge in [-0.3, -0.25) is 4.79 Å². The Bertz CT molecular complexity index is 773. The van der Waals surface area contributed by atoms with Crippen LogP contribution in [-0.4, -0.2) is 28.7 Å². The van der Waals surface area contributed by atoms with Crippen molar-refractivity contribution in [1.29, 1.82) is 0 Å². The highest BCUT2D eigenvalue weighted by molar-refractivity contribution is 5.91. The molecule has 0 unspecified atom stereocenters. The zero-order valence-corrected chi connectivity index (χ0v) is 14.5. The van der Waals surface area contributed by atoms with Crippen LogP contribution >= 0.6 is 0 Å². The van der Waals surface area contributed by atoms with Gasteiger partial charge >= 0.3 is 0 Å². The molecule has 136 valence electrons. The van der Waals surface area contributed by atoms with Gasteiger partial charge in [0.25, 0.3) is 5.91 Å². The molecule has 1 fully saturated rings. The molecule has 0 radical (unpaired) electrons. The summed E-state index contributed by atoms with van der Waals surface area (Å²) in [5.74, 6) is 1.91. The van der Waals surface area contributed by atoms with Gasteiger partial charge in [-0.05, 0) is 30.5 Å². The van der Waals surface area contributed by atoms with Crippen LogP contribution in [-0.2, 0) is 6.54 Å². The first-order chi connectivity index (χ1) is 12.8. The molecule has 7 nitrogen and oxygen atoms in total. The second kappa shape index (κ2) is 7.59. The molecule has 7 heteroatoms. The van der Waals surface area contributed by atoms with Gasteiger partial charge in [-0.1, -0.05) is 25.3 Å². The summed E-state index contributed by atoms with van der Waals surface area (Å²) in [4.78, 5) is 20.8. The van der Waals surface area contributed by atoms with Crippen LogP contribution in [0.3, 0.4) is 0 Å². The van der Waals surface area contributed by atoms with Crippen molar-refractivity contribution < 1.29 is 14.3 Å². The number of hydrogen-bond donors (Lipinski definition) is 2. The Balaban J connectivity index is 1.31. The van der Waals surface area contributed by atoms with Crippen molar-refractivity contribution in [2.75, 3.05) is 12.1 Å². The summed E-state index contributed by atoms with van der Waals surface area (Å²) in [6.07, 6.45) is 9.30. The maximum Gasteiger partial charge on any atom is 0.271 e. The number of rotatable bonds is 5. The Morgan fingerprint density at radius 3 is 2.73 bits per heavy atom. The summed E-state index contributed by atoms with van der Waals surface area (Å²) in [5.41, 5.74) is 1.24. The first-order valence-electron chi connectivity index (χ1n) is 9.03. The Kier molecular flexibility index (Phi) is 4.86. The maximum absolute atomic E-state index is 12.3. The molecule has 0 atom stereocenters. The lowest BCUT2D eigenvalue weighted by molar-refractivity contribution is 0.0945. The number of benzene rings is 1. The molecule has 2 heterocycles. The number of fused-ring (bicyclic) bond motifs is 1. The smallest absolute Gasteiger partial charge is 0.271 e. The molecule has 0 bridgehead atoms. The maximum atomic E-state index is 12.3. The number of nitrogens with one attached hydrogen (secondary N) is 2. The van der Waals surface area contributed by atoms with E-state index in [1.165, 1.54) is 38.3 Å². The van der Waals surface area contributed by atoms with E-state index in [2.05, 4.69) is 20.6 Å². The zero-order valence-electron chi connectivity index (χ0n) is 14.5. The van der Waals surface area contributed by atoms with E-state index in [4.69, 9.17) is 9.47 Å². The summed E-state index contributed by atoms with van der Waals surface area (Å²) in [6, 6.07) is 6.07. The minimum absolute atomic E-state index is 0.238. The molecule has 1 aromatic carbocycles. The number of carbonyl (C=O) groups is 1. The Hall–Kier alpha value is -2.83. The molecule has 1 amide bonds. The molecule has 2 aromatic rings. The summed E-state index contributed by atoms with van der Waals surface area (Å²) in [7, 11) is 0. The van der Waals surface area contributed by atoms with Gasteiger partial charge in [-0.25, -0.2) is 9.97 Å². The van der Waals surface area contributed by atoms with Gasteiger partial charge in [-0.2, -0.15) is 0 Å². The molecule has 1 aromatic heterocycles. The Labute approximate surface area is 152 Å². The van der Waals surface area contributed by atoms with E-state index >= 15 is 0 Å². The average molecular weight is 354 g/mol. The van der Waals surface area contributed by atoms with Crippen molar-refractivity contribution in [1.82, 2.24) is 15.3 Å². The summed E-state index contributed by atoms with van der Waals surface area (Å²) < 4.78 is 10.6. The molecular formula is C19H22N4O3. The van der Waals surface area contributed by atoms with Crippen LogP contribution in [0.25, 0.3) is 0 Å². The topological polar surface area (TPSA) is 85.4 Å². The van der Waals surface area contributed by atoms with Crippen LogP contribution in [0.5, 0.6) is 11.5 Å². The number of nitrogens with zero attached hydrogens (tertiary/aromatic N) is 2. The largest absolute Gasteiger partial charge is 0.454 e. The lowest BCUT2D eigenvalue weighted by atomic mass is 9.96. The van der Waals surface area contributed by atoms with Gasteiger partial charge in [0.1, 0.15) is 11.5 Å². The van der Waals surface area contributed by atoms with E-state index < -0.39 is 0 Å². The third kappa shape index (κ3) is 3.87. The van der Waals surface area contributed by atoms with Crippen LogP contribution in [0.2, 0.25) is 0 Å². The molecule has 1 aliphatic carbocycles. The fourth-order valence-electron chi connectivity index (χ4n) is 3.30. The lowest BCUT2D eigenvalue weighted by Gasteiger charge is -2.23. The van der Waals surface area contributed by atoms with E-state index in [1.54, 1.807) is 6.20 Å². The standard InChI is InChI=1S/C19H22N4O3/c24-19(22-9-13-6-7-16-17(8-13)26-12-25-16)15-10-21-18(11-20-15)23-14-4-2-1-3-5-14/h6-8,10-11,14H,1-5,9,12H2,(H,21,23)(H,22,24). The predicted molar refractivity (Wildman–Crippen MR) is 96.3 cm³/mol. The van der Waals surface area contributed by atoms with Crippen molar-refractivity contribution in [2.24, 2.45) is 0 Å². The van der Waals surface area contributed by atoms with E-state index in [9.17, 15) is 4.79 Å². The molecule has 0 saturated heterocycles. The quantitative estimate of drug-likeness (QED) is 0.859. The summed E-state index contributed by atoms with van der Waals surface area (Å²) in [5, 5.41) is 6.25. The number of anilines is 1. The van der Waals surface area contributed by atoms with Gasteiger partial charge in [0, 0.05) is 12.6 Å². The molecule has 2 N–H and O–H groups in total. The molecular weight excluding hydrogens is 332 g/mol. The van der Waals surface area contributed by atoms with Gasteiger partial charge < -0.3 is 20.1 Å². The third-order valence-electron chi connectivity index (χ3n) is 4.73. The van der Waals surface area contributed by atoms with Gasteiger partial charge in [0.05, 0.1) is 12.4 Å². The second-order valence-electron chi connectivity index (χ2n) is 6.64. The van der Waals surface area contributed by atoms with Gasteiger partial charge in [-0.15, -0.1) is 0 Å². The summed E-state index contributed by atoms with van der Waals surface area (Å²) in [6.45, 7) is 0.626. The third-order valence-corrected chi connectivity index (χ3v) is 4.73. The highest BCUT2D eigenvalue weighted by Crippen LogP contribution is 2.32. The molecule has 0 spiro atoms. The minimum atomic E-state index is -0.251. The van der Waals surface area contributed by atoms with Crippen molar-refractivity contribution in [2.45, 2.75) is 44.7 Å². The minimum Gasteiger partial charge on any atom is -0.454 e. The first kappa shape index (κ1) is 16.6. The highest BCUT2D eigenvalue weighted by atomic mass is 16.7. The van der Waals surface area contributed by atoms with E-state index in [0.29, 0.717) is 24.0 Å². The normalized spacial score (nSPS) is 16.3. The zero-order chi connectivity index (χ0) is 17.8. The van der Waals surface area contributed by atoms with Gasteiger partial charge in [0.2, 0.25) is 6.79 Å². The predicted octanol–water partition coefficient (Wildman–Crippen LogP) is 2.88. The number of amides is 1. The van der Waals surface area contributed by atoms with Crippen LogP contribution in [0, 0.1) is 0 Å². The van der Waals surface area contributed by atoms with Crippen molar-refractivity contribution in [3.63, 3.8) is 0 Å². The number of carbonyl (C=O) groups excluding carboxylic acids is 1. The van der Waals surface area contributed by atoms with Crippen LogP contribution < -0.4 is 20.1 Å². The first-order valence-corrected chi connectivity index (χ1v) is 9.03. The lowest BCUT2D eigenvalue weighted by Crippen LogP contribution is -2.25. The van der Waals surface area contributed by atoms with Crippen molar-refractivity contribution in [3.8, 4) is 11.5 Å². The van der Waals surface area contributed by atoms with Crippen LogP contribution in [0.1, 0.15) is 48.2 Å². The van der Waals surface area contributed by atoms with Crippen LogP contribution in [0.15, 0.2) is 30.6 Å². The average Bonchev–Trinajstić information content (AvgIpc) is 3.15. The fourth-order valence-corrected chi connectivity index (χ4v) is 3.30.